The van der Waals surface area contributed by atoms with Gasteiger partial charge in [-0.3, -0.25) is 0 Å². The number of aryl methyl sites for hydroxylation is 1. The van der Waals surface area contributed by atoms with Gasteiger partial charge >= 0.3 is 5.97 Å². The predicted octanol–water partition coefficient (Wildman–Crippen LogP) is 1.79. The topological polar surface area (TPSA) is 43.4 Å². The fraction of sp³-hybridized carbons (Fsp3) is 0.273. The van der Waals surface area contributed by atoms with E-state index in [-0.39, 0.29) is 5.97 Å². The van der Waals surface area contributed by atoms with Crippen LogP contribution in [0.1, 0.15) is 27.0 Å². The third-order valence-electron chi connectivity index (χ3n) is 2.39. The highest BCUT2D eigenvalue weighted by Gasteiger charge is 2.23. The van der Waals surface area contributed by atoms with Gasteiger partial charge in [0, 0.05) is 5.56 Å². The molecule has 0 radical (unpaired) electrons. The molecule has 0 fully saturated rings. The average Bonchev–Trinajstić information content (AvgIpc) is 2.58. The molecule has 1 aromatic rings. The van der Waals surface area contributed by atoms with Crippen molar-refractivity contribution >= 4 is 12.8 Å². The summed E-state index contributed by atoms with van der Waals surface area (Å²) in [5.41, 5.74) is 3.99. The summed E-state index contributed by atoms with van der Waals surface area (Å²) in [4.78, 5) is 19.2. The van der Waals surface area contributed by atoms with Crippen molar-refractivity contribution in [1.82, 2.24) is 0 Å². The number of carbonyl (C=O) groups excluding carboxylic acids is 2. The summed E-state index contributed by atoms with van der Waals surface area (Å²) < 4.78 is 4.92. The number of cyclic esters (lactones) is 1. The standard InChI is InChI=1S/C10H10O2.CH2O/c1-6-3-4-8-5-12-10(11)9(8)7(6)2;1-2/h3-4H,5H2,1-2H3;1H2. The molecule has 0 spiro atoms. The molecule has 0 saturated heterocycles. The molecule has 0 saturated carbocycles. The van der Waals surface area contributed by atoms with Crippen LogP contribution in [0.15, 0.2) is 12.1 Å². The van der Waals surface area contributed by atoms with Crippen molar-refractivity contribution in [2.24, 2.45) is 0 Å². The number of benzene rings is 1. The van der Waals surface area contributed by atoms with Crippen molar-refractivity contribution in [3.05, 3.63) is 34.4 Å². The van der Waals surface area contributed by atoms with Crippen molar-refractivity contribution in [3.8, 4) is 0 Å². The van der Waals surface area contributed by atoms with Crippen LogP contribution in [0.5, 0.6) is 0 Å². The van der Waals surface area contributed by atoms with Crippen molar-refractivity contribution in [1.29, 1.82) is 0 Å². The van der Waals surface area contributed by atoms with Gasteiger partial charge in [-0.25, -0.2) is 4.79 Å². The number of carbonyl (C=O) groups is 2. The highest BCUT2D eigenvalue weighted by molar-refractivity contribution is 5.95. The largest absolute Gasteiger partial charge is 0.457 e. The van der Waals surface area contributed by atoms with E-state index < -0.39 is 0 Å². The third-order valence-corrected chi connectivity index (χ3v) is 2.39. The Morgan fingerprint density at radius 2 is 1.93 bits per heavy atom. The molecule has 3 nitrogen and oxygen atoms in total. The molecule has 1 aliphatic heterocycles. The van der Waals surface area contributed by atoms with E-state index in [0.717, 1.165) is 22.3 Å². The van der Waals surface area contributed by atoms with Gasteiger partial charge in [0.15, 0.2) is 0 Å². The molecule has 1 aliphatic rings. The molecule has 0 aromatic heterocycles. The van der Waals surface area contributed by atoms with Gasteiger partial charge in [0.1, 0.15) is 13.4 Å². The van der Waals surface area contributed by atoms with Crippen LogP contribution in [0.4, 0.5) is 0 Å². The second-order valence-corrected chi connectivity index (χ2v) is 3.12. The molecule has 0 aliphatic carbocycles. The van der Waals surface area contributed by atoms with E-state index in [9.17, 15) is 4.79 Å². The van der Waals surface area contributed by atoms with Gasteiger partial charge in [0.05, 0.1) is 5.56 Å². The summed E-state index contributed by atoms with van der Waals surface area (Å²) in [6.07, 6.45) is 0. The molecule has 0 atom stereocenters. The molecule has 1 aromatic carbocycles. The molecule has 14 heavy (non-hydrogen) atoms. The van der Waals surface area contributed by atoms with Gasteiger partial charge in [-0.15, -0.1) is 0 Å². The van der Waals surface area contributed by atoms with Crippen LogP contribution in [0.3, 0.4) is 0 Å². The Morgan fingerprint density at radius 3 is 2.57 bits per heavy atom. The highest BCUT2D eigenvalue weighted by atomic mass is 16.5. The second kappa shape index (κ2) is 4.05. The number of esters is 1. The minimum absolute atomic E-state index is 0.175. The molecule has 0 N–H and O–H groups in total. The monoisotopic (exact) mass is 192 g/mol. The Hall–Kier alpha value is -1.64. The Labute approximate surface area is 82.7 Å². The van der Waals surface area contributed by atoms with Crippen molar-refractivity contribution in [2.75, 3.05) is 0 Å². The number of rotatable bonds is 0. The predicted molar refractivity (Wildman–Crippen MR) is 52.2 cm³/mol. The zero-order valence-corrected chi connectivity index (χ0v) is 8.29. The zero-order chi connectivity index (χ0) is 10.7. The Bertz CT molecular complexity index is 369. The van der Waals surface area contributed by atoms with Crippen LogP contribution in [0, 0.1) is 13.8 Å². The summed E-state index contributed by atoms with van der Waals surface area (Å²) in [7, 11) is 0. The van der Waals surface area contributed by atoms with Crippen LogP contribution in [-0.4, -0.2) is 12.8 Å². The molecule has 74 valence electrons. The molecular weight excluding hydrogens is 180 g/mol. The molecule has 0 amide bonds. The van der Waals surface area contributed by atoms with E-state index in [1.54, 1.807) is 0 Å². The first-order valence-corrected chi connectivity index (χ1v) is 4.25. The molecule has 0 unspecified atom stereocenters. The Balaban J connectivity index is 0.000000461. The Kier molecular flexibility index (Phi) is 3.02. The molecule has 1 heterocycles. The summed E-state index contributed by atoms with van der Waals surface area (Å²) in [6.45, 7) is 6.40. The van der Waals surface area contributed by atoms with Gasteiger partial charge < -0.3 is 9.53 Å². The number of fused-ring (bicyclic) bond motifs is 1. The van der Waals surface area contributed by atoms with E-state index in [0.29, 0.717) is 6.61 Å². The van der Waals surface area contributed by atoms with Crippen LogP contribution >= 0.6 is 0 Å². The van der Waals surface area contributed by atoms with E-state index in [1.165, 1.54) is 0 Å². The third kappa shape index (κ3) is 1.53. The van der Waals surface area contributed by atoms with E-state index in [1.807, 2.05) is 32.8 Å². The number of hydrogen-bond donors (Lipinski definition) is 0. The van der Waals surface area contributed by atoms with Crippen molar-refractivity contribution < 1.29 is 14.3 Å². The number of ether oxygens (including phenoxy) is 1. The summed E-state index contributed by atoms with van der Waals surface area (Å²) >= 11 is 0. The Morgan fingerprint density at radius 1 is 1.29 bits per heavy atom. The van der Waals surface area contributed by atoms with E-state index in [2.05, 4.69) is 0 Å². The highest BCUT2D eigenvalue weighted by Crippen LogP contribution is 2.24. The van der Waals surface area contributed by atoms with Crippen LogP contribution in [0.2, 0.25) is 0 Å². The summed E-state index contributed by atoms with van der Waals surface area (Å²) in [5, 5.41) is 0. The van der Waals surface area contributed by atoms with Gasteiger partial charge in [-0.05, 0) is 25.0 Å². The number of hydrogen-bond acceptors (Lipinski definition) is 3. The van der Waals surface area contributed by atoms with E-state index >= 15 is 0 Å². The SMILES string of the molecule is C=O.Cc1ccc2c(c1C)C(=O)OC2. The lowest BCUT2D eigenvalue weighted by Gasteiger charge is -2.02. The quantitative estimate of drug-likeness (QED) is 0.588. The maximum absolute atomic E-state index is 11.2. The van der Waals surface area contributed by atoms with Gasteiger partial charge in [-0.2, -0.15) is 0 Å². The van der Waals surface area contributed by atoms with Crippen LogP contribution in [-0.2, 0) is 16.1 Å². The molecule has 2 rings (SSSR count). The first kappa shape index (κ1) is 10.4. The average molecular weight is 192 g/mol. The van der Waals surface area contributed by atoms with Gasteiger partial charge in [0.2, 0.25) is 0 Å². The van der Waals surface area contributed by atoms with Gasteiger partial charge in [0.25, 0.3) is 0 Å². The first-order valence-electron chi connectivity index (χ1n) is 4.25. The lowest BCUT2D eigenvalue weighted by atomic mass is 10.00. The van der Waals surface area contributed by atoms with Crippen molar-refractivity contribution in [3.63, 3.8) is 0 Å². The lowest BCUT2D eigenvalue weighted by Crippen LogP contribution is -1.98. The summed E-state index contributed by atoms with van der Waals surface area (Å²) in [5.74, 6) is -0.175. The first-order chi connectivity index (χ1) is 6.70. The maximum atomic E-state index is 11.2. The minimum Gasteiger partial charge on any atom is -0.457 e. The van der Waals surface area contributed by atoms with Crippen LogP contribution < -0.4 is 0 Å². The minimum atomic E-state index is -0.175. The summed E-state index contributed by atoms with van der Waals surface area (Å²) in [6, 6.07) is 3.98. The maximum Gasteiger partial charge on any atom is 0.339 e. The molecular formula is C11H12O3. The molecule has 0 bridgehead atoms. The second-order valence-electron chi connectivity index (χ2n) is 3.12. The fourth-order valence-electron chi connectivity index (χ4n) is 1.49. The van der Waals surface area contributed by atoms with Gasteiger partial charge in [-0.1, -0.05) is 12.1 Å². The smallest absolute Gasteiger partial charge is 0.339 e. The lowest BCUT2D eigenvalue weighted by molar-refractivity contribution is -0.0980. The molecule has 3 heteroatoms. The zero-order valence-electron chi connectivity index (χ0n) is 8.29. The van der Waals surface area contributed by atoms with Crippen LogP contribution in [0.25, 0.3) is 0 Å². The van der Waals surface area contributed by atoms with Crippen molar-refractivity contribution in [2.45, 2.75) is 20.5 Å². The normalized spacial score (nSPS) is 12.6. The van der Waals surface area contributed by atoms with E-state index in [4.69, 9.17) is 9.53 Å². The fourth-order valence-corrected chi connectivity index (χ4v) is 1.49.